The third kappa shape index (κ3) is 4.37. The highest BCUT2D eigenvalue weighted by Gasteiger charge is 2.34. The van der Waals surface area contributed by atoms with Gasteiger partial charge in [-0.25, -0.2) is 9.09 Å². The Bertz CT molecular complexity index is 859. The van der Waals surface area contributed by atoms with Gasteiger partial charge in [0.15, 0.2) is 0 Å². The van der Waals surface area contributed by atoms with Crippen molar-refractivity contribution in [2.24, 2.45) is 5.92 Å². The summed E-state index contributed by atoms with van der Waals surface area (Å²) in [5, 5.41) is 0. The van der Waals surface area contributed by atoms with Gasteiger partial charge < -0.3 is 9.26 Å². The number of ether oxygens (including phenoxy) is 1. The number of benzene rings is 2. The summed E-state index contributed by atoms with van der Waals surface area (Å²) in [6, 6.07) is 13.6. The third-order valence-electron chi connectivity index (χ3n) is 4.93. The smallest absolute Gasteiger partial charge is 0.466 e. The van der Waals surface area contributed by atoms with Gasteiger partial charge in [0.2, 0.25) is 6.79 Å². The monoisotopic (exact) mass is 388 g/mol. The molecular formula is C21H25O5P. The van der Waals surface area contributed by atoms with E-state index in [0.29, 0.717) is 11.7 Å². The summed E-state index contributed by atoms with van der Waals surface area (Å²) in [5.41, 5.74) is 3.16. The molecule has 1 heterocycles. The molecule has 1 saturated carbocycles. The van der Waals surface area contributed by atoms with E-state index in [-0.39, 0.29) is 13.4 Å². The molecule has 4 rings (SSSR count). The number of phosphoric ester groups is 1. The molecule has 27 heavy (non-hydrogen) atoms. The standard InChI is InChI=1S/C21H25O5P/c1-15(2)19-8-5-7-17(12-16-10-11-16)21(19)23-14-25-27(22)24-13-18-6-3-4-9-20(18)26-27/h3-9,15-16H,10-14H2,1-2H3. The second kappa shape index (κ2) is 7.67. The Kier molecular flexibility index (Phi) is 5.27. The van der Waals surface area contributed by atoms with E-state index in [0.717, 1.165) is 29.2 Å². The van der Waals surface area contributed by atoms with Gasteiger partial charge >= 0.3 is 7.82 Å². The van der Waals surface area contributed by atoms with Crippen LogP contribution in [0, 0.1) is 5.92 Å². The fourth-order valence-electron chi connectivity index (χ4n) is 3.25. The third-order valence-corrected chi connectivity index (χ3v) is 6.22. The lowest BCUT2D eigenvalue weighted by atomic mass is 9.97. The first-order valence-electron chi connectivity index (χ1n) is 9.45. The van der Waals surface area contributed by atoms with Gasteiger partial charge in [0, 0.05) is 5.56 Å². The van der Waals surface area contributed by atoms with Crippen molar-refractivity contribution in [3.05, 3.63) is 59.2 Å². The van der Waals surface area contributed by atoms with E-state index >= 15 is 0 Å². The van der Waals surface area contributed by atoms with E-state index in [2.05, 4.69) is 32.0 Å². The van der Waals surface area contributed by atoms with Gasteiger partial charge in [-0.05, 0) is 48.3 Å². The molecule has 1 fully saturated rings. The van der Waals surface area contributed by atoms with Crippen molar-refractivity contribution in [1.82, 2.24) is 0 Å². The van der Waals surface area contributed by atoms with E-state index < -0.39 is 7.82 Å². The maximum atomic E-state index is 12.7. The minimum Gasteiger partial charge on any atom is -0.466 e. The summed E-state index contributed by atoms with van der Waals surface area (Å²) in [6.45, 7) is 4.29. The average Bonchev–Trinajstić information content (AvgIpc) is 3.46. The summed E-state index contributed by atoms with van der Waals surface area (Å²) in [5.74, 6) is 2.44. The Morgan fingerprint density at radius 3 is 2.74 bits per heavy atom. The Hall–Kier alpha value is -1.81. The quantitative estimate of drug-likeness (QED) is 0.441. The highest BCUT2D eigenvalue weighted by atomic mass is 31.2. The fraction of sp³-hybridized carbons (Fsp3) is 0.429. The molecule has 1 aliphatic carbocycles. The van der Waals surface area contributed by atoms with Crippen LogP contribution < -0.4 is 9.26 Å². The van der Waals surface area contributed by atoms with Crippen molar-refractivity contribution < 1.29 is 22.9 Å². The van der Waals surface area contributed by atoms with E-state index in [9.17, 15) is 4.57 Å². The van der Waals surface area contributed by atoms with Gasteiger partial charge in [-0.1, -0.05) is 50.2 Å². The van der Waals surface area contributed by atoms with E-state index in [1.54, 1.807) is 6.07 Å². The number of fused-ring (bicyclic) bond motifs is 1. The lowest BCUT2D eigenvalue weighted by Crippen LogP contribution is -2.13. The van der Waals surface area contributed by atoms with Crippen LogP contribution in [-0.2, 0) is 26.6 Å². The van der Waals surface area contributed by atoms with Crippen LogP contribution in [-0.4, -0.2) is 6.79 Å². The van der Waals surface area contributed by atoms with Crippen molar-refractivity contribution >= 4 is 7.82 Å². The molecule has 5 nitrogen and oxygen atoms in total. The second-order valence-corrected chi connectivity index (χ2v) is 9.04. The van der Waals surface area contributed by atoms with Crippen molar-refractivity contribution in [2.45, 2.75) is 45.6 Å². The zero-order valence-electron chi connectivity index (χ0n) is 15.7. The summed E-state index contributed by atoms with van der Waals surface area (Å²) in [6.07, 6.45) is 3.56. The molecule has 0 radical (unpaired) electrons. The van der Waals surface area contributed by atoms with Crippen LogP contribution in [0.5, 0.6) is 11.5 Å². The van der Waals surface area contributed by atoms with Crippen LogP contribution in [0.25, 0.3) is 0 Å². The molecule has 0 N–H and O–H groups in total. The molecule has 2 aliphatic rings. The highest BCUT2D eigenvalue weighted by molar-refractivity contribution is 7.49. The first-order chi connectivity index (χ1) is 13.0. The Morgan fingerprint density at radius 2 is 1.96 bits per heavy atom. The normalized spacial score (nSPS) is 21.6. The lowest BCUT2D eigenvalue weighted by molar-refractivity contribution is 0.0601. The molecule has 0 aromatic heterocycles. The van der Waals surface area contributed by atoms with Crippen molar-refractivity contribution in [1.29, 1.82) is 0 Å². The molecule has 0 spiro atoms. The predicted octanol–water partition coefficient (Wildman–Crippen LogP) is 5.83. The predicted molar refractivity (Wildman–Crippen MR) is 103 cm³/mol. The minimum absolute atomic E-state index is 0.180. The van der Waals surface area contributed by atoms with Gasteiger partial charge in [0.1, 0.15) is 11.5 Å². The Morgan fingerprint density at radius 1 is 1.15 bits per heavy atom. The van der Waals surface area contributed by atoms with E-state index in [1.807, 2.05) is 18.2 Å². The van der Waals surface area contributed by atoms with Crippen LogP contribution in [0.3, 0.4) is 0 Å². The topological polar surface area (TPSA) is 54.0 Å². The maximum Gasteiger partial charge on any atom is 0.533 e. The van der Waals surface area contributed by atoms with E-state index in [1.165, 1.54) is 18.4 Å². The van der Waals surface area contributed by atoms with Gasteiger partial charge in [-0.15, -0.1) is 0 Å². The first kappa shape index (κ1) is 18.5. The zero-order valence-corrected chi connectivity index (χ0v) is 16.6. The van der Waals surface area contributed by atoms with E-state index in [4.69, 9.17) is 18.3 Å². The minimum atomic E-state index is -3.68. The van der Waals surface area contributed by atoms with Crippen LogP contribution in [0.15, 0.2) is 42.5 Å². The lowest BCUT2D eigenvalue weighted by Gasteiger charge is -2.25. The Balaban J connectivity index is 1.45. The molecule has 1 aliphatic heterocycles. The van der Waals surface area contributed by atoms with Crippen molar-refractivity contribution in [3.8, 4) is 11.5 Å². The van der Waals surface area contributed by atoms with Gasteiger partial charge in [-0.2, -0.15) is 0 Å². The molecule has 2 aromatic carbocycles. The molecule has 144 valence electrons. The highest BCUT2D eigenvalue weighted by Crippen LogP contribution is 2.54. The summed E-state index contributed by atoms with van der Waals surface area (Å²) in [4.78, 5) is 0. The fourth-order valence-corrected chi connectivity index (χ4v) is 4.33. The number of hydrogen-bond acceptors (Lipinski definition) is 5. The van der Waals surface area contributed by atoms with Gasteiger partial charge in [0.25, 0.3) is 0 Å². The average molecular weight is 388 g/mol. The first-order valence-corrected chi connectivity index (χ1v) is 10.9. The number of para-hydroxylation sites is 2. The van der Waals surface area contributed by atoms with Gasteiger partial charge in [0.05, 0.1) is 6.61 Å². The molecular weight excluding hydrogens is 363 g/mol. The number of hydrogen-bond donors (Lipinski definition) is 0. The van der Waals surface area contributed by atoms with Gasteiger partial charge in [-0.3, -0.25) is 4.52 Å². The Labute approximate surface area is 160 Å². The van der Waals surface area contributed by atoms with Crippen molar-refractivity contribution in [2.75, 3.05) is 6.79 Å². The maximum absolute atomic E-state index is 12.7. The molecule has 0 amide bonds. The van der Waals surface area contributed by atoms with Crippen LogP contribution >= 0.6 is 7.82 Å². The number of phosphoric acid groups is 1. The summed E-state index contributed by atoms with van der Waals surface area (Å²) in [7, 11) is -3.68. The number of rotatable bonds is 7. The molecule has 1 atom stereocenters. The molecule has 0 bridgehead atoms. The molecule has 2 aromatic rings. The molecule has 0 saturated heterocycles. The van der Waals surface area contributed by atoms with Crippen LogP contribution in [0.2, 0.25) is 0 Å². The zero-order chi connectivity index (χ0) is 18.9. The van der Waals surface area contributed by atoms with Crippen molar-refractivity contribution in [3.63, 3.8) is 0 Å². The molecule has 6 heteroatoms. The van der Waals surface area contributed by atoms with Crippen LogP contribution in [0.4, 0.5) is 0 Å². The molecule has 1 unspecified atom stereocenters. The van der Waals surface area contributed by atoms with Crippen LogP contribution in [0.1, 0.15) is 49.3 Å². The SMILES string of the molecule is CC(C)c1cccc(CC2CC2)c1OCOP1(=O)OCc2ccccc2O1. The largest absolute Gasteiger partial charge is 0.533 e. The summed E-state index contributed by atoms with van der Waals surface area (Å²) < 4.78 is 34.9. The second-order valence-electron chi connectivity index (χ2n) is 7.45. The summed E-state index contributed by atoms with van der Waals surface area (Å²) >= 11 is 0.